The lowest BCUT2D eigenvalue weighted by molar-refractivity contribution is -0.303. The van der Waals surface area contributed by atoms with Gasteiger partial charge in [0, 0.05) is 0 Å². The average Bonchev–Trinajstić information content (AvgIpc) is 3.22. The first-order valence-corrected chi connectivity index (χ1v) is 24.4. The van der Waals surface area contributed by atoms with E-state index in [9.17, 15) is 40.5 Å². The first-order chi connectivity index (χ1) is 28.2. The van der Waals surface area contributed by atoms with Crippen LogP contribution in [0.2, 0.25) is 0 Å². The van der Waals surface area contributed by atoms with Crippen molar-refractivity contribution >= 4 is 5.91 Å². The summed E-state index contributed by atoms with van der Waals surface area (Å²) in [6.45, 7) is 3.44. The lowest BCUT2D eigenvalue weighted by Gasteiger charge is -2.40. The smallest absolute Gasteiger partial charge is 0.249 e. The van der Waals surface area contributed by atoms with Crippen LogP contribution in [0, 0.1) is 0 Å². The molecule has 0 saturated carbocycles. The van der Waals surface area contributed by atoms with E-state index in [0.29, 0.717) is 19.3 Å². The fraction of sp³-hybridized carbons (Fsp3) is 0.979. The second kappa shape index (κ2) is 37.8. The Labute approximate surface area is 354 Å². The molecule has 0 radical (unpaired) electrons. The summed E-state index contributed by atoms with van der Waals surface area (Å²) >= 11 is 0. The van der Waals surface area contributed by atoms with Crippen LogP contribution in [0.3, 0.4) is 0 Å². The van der Waals surface area contributed by atoms with E-state index in [4.69, 9.17) is 9.47 Å². The Morgan fingerprint density at radius 1 is 0.534 bits per heavy atom. The Morgan fingerprint density at radius 3 is 1.28 bits per heavy atom. The first kappa shape index (κ1) is 55.1. The second-order valence-corrected chi connectivity index (χ2v) is 17.5. The van der Waals surface area contributed by atoms with Gasteiger partial charge < -0.3 is 50.5 Å². The van der Waals surface area contributed by atoms with Gasteiger partial charge in [-0.15, -0.1) is 0 Å². The third-order valence-electron chi connectivity index (χ3n) is 12.2. The van der Waals surface area contributed by atoms with Crippen LogP contribution < -0.4 is 5.32 Å². The van der Waals surface area contributed by atoms with Crippen molar-refractivity contribution in [3.63, 3.8) is 0 Å². The summed E-state index contributed by atoms with van der Waals surface area (Å²) in [6, 6.07) is -1.16. The molecule has 11 nitrogen and oxygen atoms in total. The number of hydrogen-bond donors (Lipinski definition) is 8. The van der Waals surface area contributed by atoms with Crippen LogP contribution >= 0.6 is 0 Å². The van der Waals surface area contributed by atoms with Gasteiger partial charge >= 0.3 is 0 Å². The molecular formula is C47H93NO10. The molecule has 9 atom stereocenters. The highest BCUT2D eigenvalue weighted by Crippen LogP contribution is 2.23. The van der Waals surface area contributed by atoms with E-state index in [1.165, 1.54) is 148 Å². The van der Waals surface area contributed by atoms with Crippen molar-refractivity contribution in [2.75, 3.05) is 13.2 Å². The van der Waals surface area contributed by atoms with Crippen LogP contribution in [-0.2, 0) is 14.3 Å². The quantitative estimate of drug-likeness (QED) is 0.0279. The molecule has 1 rings (SSSR count). The number of rotatable bonds is 41. The zero-order chi connectivity index (χ0) is 42.6. The van der Waals surface area contributed by atoms with Gasteiger partial charge in [0.25, 0.3) is 0 Å². The first-order valence-electron chi connectivity index (χ1n) is 24.4. The maximum Gasteiger partial charge on any atom is 0.249 e. The number of unbranched alkanes of at least 4 members (excludes halogenated alkanes) is 29. The number of aliphatic hydroxyl groups excluding tert-OH is 7. The minimum absolute atomic E-state index is 0.266. The average molecular weight is 832 g/mol. The Morgan fingerprint density at radius 2 is 0.897 bits per heavy atom. The zero-order valence-corrected chi connectivity index (χ0v) is 37.3. The molecular weight excluding hydrogens is 739 g/mol. The number of amides is 1. The molecule has 1 saturated heterocycles. The molecule has 1 aliphatic heterocycles. The minimum Gasteiger partial charge on any atom is -0.394 e. The van der Waals surface area contributed by atoms with E-state index in [1.807, 2.05) is 0 Å². The summed E-state index contributed by atoms with van der Waals surface area (Å²) in [5.41, 5.74) is 0. The van der Waals surface area contributed by atoms with Crippen molar-refractivity contribution in [3.8, 4) is 0 Å². The highest BCUT2D eigenvalue weighted by atomic mass is 16.7. The van der Waals surface area contributed by atoms with E-state index in [1.54, 1.807) is 0 Å². The molecule has 0 aromatic carbocycles. The molecule has 0 aromatic heterocycles. The van der Waals surface area contributed by atoms with Gasteiger partial charge in [-0.1, -0.05) is 213 Å². The molecule has 1 heterocycles. The summed E-state index contributed by atoms with van der Waals surface area (Å²) in [4.78, 5) is 13.1. The summed E-state index contributed by atoms with van der Waals surface area (Å²) in [7, 11) is 0. The lowest BCUT2D eigenvalue weighted by Crippen LogP contribution is -2.60. The lowest BCUT2D eigenvalue weighted by atomic mass is 9.98. The second-order valence-electron chi connectivity index (χ2n) is 17.5. The molecule has 1 fully saturated rings. The molecule has 0 aromatic rings. The van der Waals surface area contributed by atoms with E-state index in [0.717, 1.165) is 38.5 Å². The van der Waals surface area contributed by atoms with Crippen molar-refractivity contribution in [1.82, 2.24) is 5.32 Å². The standard InChI is InChI=1S/C47H93NO10/c1-3-5-7-9-11-13-15-16-17-18-19-20-21-22-23-25-27-29-31-33-35-40(51)46(56)48-38(37-57-47-45(55)44(54)43(53)41(36-49)58-47)42(52)39(50)34-32-30-28-26-24-14-12-10-8-6-4-2/h38-45,47,49-55H,3-37H2,1-2H3,(H,48,56)/t38-,39-,40-,41+,42-,43-,44-,45+,47+/m0/s1. The minimum atomic E-state index is -1.66. The molecule has 1 amide bonds. The van der Waals surface area contributed by atoms with Crippen molar-refractivity contribution < 1.29 is 50.0 Å². The Hall–Kier alpha value is -0.890. The van der Waals surface area contributed by atoms with Crippen LogP contribution in [-0.4, -0.2) is 110 Å². The predicted molar refractivity (Wildman–Crippen MR) is 233 cm³/mol. The van der Waals surface area contributed by atoms with Crippen molar-refractivity contribution in [1.29, 1.82) is 0 Å². The van der Waals surface area contributed by atoms with Crippen LogP contribution in [0.5, 0.6) is 0 Å². The van der Waals surface area contributed by atoms with Crippen LogP contribution in [0.1, 0.15) is 226 Å². The van der Waals surface area contributed by atoms with Gasteiger partial charge in [-0.3, -0.25) is 4.79 Å². The molecule has 0 aliphatic carbocycles. The third kappa shape index (κ3) is 27.1. The molecule has 11 heteroatoms. The van der Waals surface area contributed by atoms with E-state index in [2.05, 4.69) is 19.2 Å². The van der Waals surface area contributed by atoms with E-state index >= 15 is 0 Å². The molecule has 1 aliphatic rings. The molecule has 58 heavy (non-hydrogen) atoms. The molecule has 0 unspecified atom stereocenters. The van der Waals surface area contributed by atoms with Gasteiger partial charge in [-0.2, -0.15) is 0 Å². The molecule has 0 bridgehead atoms. The van der Waals surface area contributed by atoms with E-state index in [-0.39, 0.29) is 6.42 Å². The summed E-state index contributed by atoms with van der Waals surface area (Å²) in [5, 5.41) is 75.6. The monoisotopic (exact) mass is 832 g/mol. The van der Waals surface area contributed by atoms with Gasteiger partial charge in [-0.05, 0) is 12.8 Å². The zero-order valence-electron chi connectivity index (χ0n) is 37.3. The maximum absolute atomic E-state index is 13.1. The Bertz CT molecular complexity index is 913. The Kier molecular flexibility index (Phi) is 36.0. The summed E-state index contributed by atoms with van der Waals surface area (Å²) < 4.78 is 11.1. The van der Waals surface area contributed by atoms with Crippen molar-refractivity contribution in [2.45, 2.75) is 281 Å². The molecule has 8 N–H and O–H groups in total. The number of hydrogen-bond acceptors (Lipinski definition) is 10. The summed E-state index contributed by atoms with van der Waals surface area (Å²) in [5.74, 6) is -0.693. The van der Waals surface area contributed by atoms with Gasteiger partial charge in [-0.25, -0.2) is 0 Å². The fourth-order valence-electron chi connectivity index (χ4n) is 8.09. The molecule has 346 valence electrons. The number of nitrogens with one attached hydrogen (secondary N) is 1. The van der Waals surface area contributed by atoms with Crippen molar-refractivity contribution in [2.24, 2.45) is 0 Å². The van der Waals surface area contributed by atoms with E-state index < -0.39 is 74.2 Å². The normalized spacial score (nSPS) is 21.8. The molecule has 0 spiro atoms. The van der Waals surface area contributed by atoms with Crippen LogP contribution in [0.15, 0.2) is 0 Å². The van der Waals surface area contributed by atoms with Gasteiger partial charge in [0.15, 0.2) is 6.29 Å². The third-order valence-corrected chi connectivity index (χ3v) is 12.2. The van der Waals surface area contributed by atoms with Crippen molar-refractivity contribution in [3.05, 3.63) is 0 Å². The van der Waals surface area contributed by atoms with Gasteiger partial charge in [0.1, 0.15) is 36.6 Å². The number of carbonyl (C=O) groups is 1. The summed E-state index contributed by atoms with van der Waals surface area (Å²) in [6.07, 6.45) is 27.3. The maximum atomic E-state index is 13.1. The fourth-order valence-corrected chi connectivity index (χ4v) is 8.09. The van der Waals surface area contributed by atoms with Gasteiger partial charge in [0.2, 0.25) is 5.91 Å². The SMILES string of the molecule is CCCCCCCCCCCCCCCCCCCCCC[C@H](O)C(=O)N[C@@H](CO[C@@H]1O[C@H](CO)[C@H](O)[C@H](O)[C@H]1O)[C@H](O)[C@@H](O)CCCCCCCCCCCCC. The topological polar surface area (TPSA) is 189 Å². The largest absolute Gasteiger partial charge is 0.394 e. The highest BCUT2D eigenvalue weighted by Gasteiger charge is 2.44. The number of ether oxygens (including phenoxy) is 2. The number of carbonyl (C=O) groups excluding carboxylic acids is 1. The number of aliphatic hydroxyl groups is 7. The van der Waals surface area contributed by atoms with Crippen LogP contribution in [0.4, 0.5) is 0 Å². The van der Waals surface area contributed by atoms with Crippen LogP contribution in [0.25, 0.3) is 0 Å². The Balaban J connectivity index is 2.37. The highest BCUT2D eigenvalue weighted by molar-refractivity contribution is 5.80. The predicted octanol–water partition coefficient (Wildman–Crippen LogP) is 8.28. The van der Waals surface area contributed by atoms with Gasteiger partial charge in [0.05, 0.1) is 25.4 Å².